The lowest BCUT2D eigenvalue weighted by molar-refractivity contribution is 0.102. The SMILES string of the molecule is Cc1ccc(C)c(N(Cc2ccc(C(=O)Nc3ccc(OCc4ccccc4)cc3)cc2)S(C)(=O)=O)c1. The van der Waals surface area contributed by atoms with Crippen LogP contribution in [0.1, 0.15) is 32.6 Å². The summed E-state index contributed by atoms with van der Waals surface area (Å²) in [7, 11) is -3.50. The molecule has 0 saturated heterocycles. The topological polar surface area (TPSA) is 75.7 Å². The number of nitrogens with zero attached hydrogens (tertiary/aromatic N) is 1. The summed E-state index contributed by atoms with van der Waals surface area (Å²) in [4.78, 5) is 12.8. The second-order valence-electron chi connectivity index (χ2n) is 9.01. The summed E-state index contributed by atoms with van der Waals surface area (Å²) in [5, 5.41) is 2.88. The molecule has 4 rings (SSSR count). The number of hydrogen-bond acceptors (Lipinski definition) is 4. The summed E-state index contributed by atoms with van der Waals surface area (Å²) < 4.78 is 32.3. The minimum Gasteiger partial charge on any atom is -0.489 e. The molecule has 0 bridgehead atoms. The van der Waals surface area contributed by atoms with E-state index in [1.54, 1.807) is 36.4 Å². The predicted octanol–water partition coefficient (Wildman–Crippen LogP) is 6.10. The van der Waals surface area contributed by atoms with Gasteiger partial charge in [0.2, 0.25) is 10.0 Å². The number of hydrogen-bond donors (Lipinski definition) is 1. The smallest absolute Gasteiger partial charge is 0.255 e. The van der Waals surface area contributed by atoms with Gasteiger partial charge in [-0.05, 0) is 78.6 Å². The van der Waals surface area contributed by atoms with Crippen molar-refractivity contribution in [3.05, 3.63) is 125 Å². The van der Waals surface area contributed by atoms with E-state index in [-0.39, 0.29) is 12.5 Å². The van der Waals surface area contributed by atoms with Crippen LogP contribution in [0.5, 0.6) is 5.75 Å². The maximum absolute atomic E-state index is 12.8. The van der Waals surface area contributed by atoms with Gasteiger partial charge in [0.25, 0.3) is 5.91 Å². The monoisotopic (exact) mass is 514 g/mol. The molecule has 0 saturated carbocycles. The number of ether oxygens (including phenoxy) is 1. The first-order chi connectivity index (χ1) is 17.7. The quantitative estimate of drug-likeness (QED) is 0.293. The van der Waals surface area contributed by atoms with E-state index in [9.17, 15) is 13.2 Å². The molecule has 1 amide bonds. The molecule has 0 radical (unpaired) electrons. The van der Waals surface area contributed by atoms with Crippen molar-refractivity contribution in [2.45, 2.75) is 27.0 Å². The molecule has 0 aromatic heterocycles. The van der Waals surface area contributed by atoms with Crippen molar-refractivity contribution in [3.63, 3.8) is 0 Å². The van der Waals surface area contributed by atoms with Crippen LogP contribution in [0.15, 0.2) is 97.1 Å². The predicted molar refractivity (Wildman–Crippen MR) is 149 cm³/mol. The zero-order valence-corrected chi connectivity index (χ0v) is 22.0. The van der Waals surface area contributed by atoms with Crippen LogP contribution in [-0.4, -0.2) is 20.6 Å². The van der Waals surface area contributed by atoms with E-state index in [2.05, 4.69) is 5.32 Å². The van der Waals surface area contributed by atoms with Crippen LogP contribution in [0.4, 0.5) is 11.4 Å². The van der Waals surface area contributed by atoms with E-state index >= 15 is 0 Å². The molecule has 0 aliphatic rings. The lowest BCUT2D eigenvalue weighted by atomic mass is 10.1. The Balaban J connectivity index is 1.39. The van der Waals surface area contributed by atoms with Crippen molar-refractivity contribution in [3.8, 4) is 5.75 Å². The highest BCUT2D eigenvalue weighted by atomic mass is 32.2. The Bertz CT molecular complexity index is 1470. The lowest BCUT2D eigenvalue weighted by Gasteiger charge is -2.25. The van der Waals surface area contributed by atoms with Gasteiger partial charge in [0.15, 0.2) is 0 Å². The average molecular weight is 515 g/mol. The molecule has 4 aromatic rings. The summed E-state index contributed by atoms with van der Waals surface area (Å²) in [5.74, 6) is 0.462. The number of sulfonamides is 1. The second-order valence-corrected chi connectivity index (χ2v) is 10.9. The molecule has 0 aliphatic heterocycles. The van der Waals surface area contributed by atoms with Gasteiger partial charge in [0, 0.05) is 11.3 Å². The number of benzene rings is 4. The number of nitrogens with one attached hydrogen (secondary N) is 1. The zero-order valence-electron chi connectivity index (χ0n) is 21.1. The van der Waals surface area contributed by atoms with Crippen LogP contribution < -0.4 is 14.4 Å². The number of anilines is 2. The van der Waals surface area contributed by atoms with E-state index in [0.717, 1.165) is 22.3 Å². The van der Waals surface area contributed by atoms with Crippen molar-refractivity contribution < 1.29 is 17.9 Å². The van der Waals surface area contributed by atoms with Gasteiger partial charge in [-0.3, -0.25) is 9.10 Å². The highest BCUT2D eigenvalue weighted by Gasteiger charge is 2.20. The zero-order chi connectivity index (χ0) is 26.4. The van der Waals surface area contributed by atoms with E-state index in [0.29, 0.717) is 29.3 Å². The van der Waals surface area contributed by atoms with Crippen molar-refractivity contribution in [1.29, 1.82) is 0 Å². The minimum atomic E-state index is -3.50. The molecular formula is C30H30N2O4S. The summed E-state index contributed by atoms with van der Waals surface area (Å²) in [6.45, 7) is 4.47. The fourth-order valence-electron chi connectivity index (χ4n) is 3.88. The van der Waals surface area contributed by atoms with Gasteiger partial charge in [-0.1, -0.05) is 54.6 Å². The molecule has 190 valence electrons. The number of aryl methyl sites for hydroxylation is 2. The molecular weight excluding hydrogens is 484 g/mol. The molecule has 1 N–H and O–H groups in total. The lowest BCUT2D eigenvalue weighted by Crippen LogP contribution is -2.30. The molecule has 0 atom stereocenters. The fourth-order valence-corrected chi connectivity index (χ4v) is 4.81. The van der Waals surface area contributed by atoms with Gasteiger partial charge < -0.3 is 10.1 Å². The van der Waals surface area contributed by atoms with Crippen molar-refractivity contribution in [2.75, 3.05) is 15.9 Å². The van der Waals surface area contributed by atoms with E-state index in [4.69, 9.17) is 4.74 Å². The Morgan fingerprint density at radius 1 is 0.838 bits per heavy atom. The van der Waals surface area contributed by atoms with E-state index in [1.165, 1.54) is 10.6 Å². The van der Waals surface area contributed by atoms with Crippen LogP contribution in [0, 0.1) is 13.8 Å². The third kappa shape index (κ3) is 6.98. The minimum absolute atomic E-state index is 0.176. The number of amides is 1. The Labute approximate surface area is 218 Å². The molecule has 0 fully saturated rings. The Hall–Kier alpha value is -4.10. The summed E-state index contributed by atoms with van der Waals surface area (Å²) >= 11 is 0. The van der Waals surface area contributed by atoms with E-state index < -0.39 is 10.0 Å². The largest absolute Gasteiger partial charge is 0.489 e. The molecule has 0 unspecified atom stereocenters. The van der Waals surface area contributed by atoms with Crippen molar-refractivity contribution in [1.82, 2.24) is 0 Å². The molecule has 37 heavy (non-hydrogen) atoms. The highest BCUT2D eigenvalue weighted by Crippen LogP contribution is 2.26. The Kier molecular flexibility index (Phi) is 7.94. The second kappa shape index (κ2) is 11.3. The Morgan fingerprint density at radius 3 is 2.16 bits per heavy atom. The molecule has 4 aromatic carbocycles. The Morgan fingerprint density at radius 2 is 1.51 bits per heavy atom. The highest BCUT2D eigenvalue weighted by molar-refractivity contribution is 7.92. The first kappa shape index (κ1) is 26.0. The average Bonchev–Trinajstić information content (AvgIpc) is 2.89. The van der Waals surface area contributed by atoms with Gasteiger partial charge in [-0.2, -0.15) is 0 Å². The van der Waals surface area contributed by atoms with Crippen LogP contribution in [0.2, 0.25) is 0 Å². The van der Waals surface area contributed by atoms with E-state index in [1.807, 2.05) is 74.5 Å². The van der Waals surface area contributed by atoms with Gasteiger partial charge in [-0.25, -0.2) is 8.42 Å². The van der Waals surface area contributed by atoms with Crippen LogP contribution >= 0.6 is 0 Å². The third-order valence-corrected chi connectivity index (χ3v) is 7.06. The number of carbonyl (C=O) groups excluding carboxylic acids is 1. The standard InChI is InChI=1S/C30H30N2O4S/c1-22-9-10-23(2)29(19-22)32(37(3,34)35)20-24-11-13-26(14-12-24)30(33)31-27-15-17-28(18-16-27)36-21-25-7-5-4-6-8-25/h4-19H,20-21H2,1-3H3,(H,31,33). The summed E-state index contributed by atoms with van der Waals surface area (Å²) in [6.07, 6.45) is 1.20. The third-order valence-electron chi connectivity index (χ3n) is 5.94. The van der Waals surface area contributed by atoms with Gasteiger partial charge in [0.1, 0.15) is 12.4 Å². The maximum Gasteiger partial charge on any atom is 0.255 e. The summed E-state index contributed by atoms with van der Waals surface area (Å²) in [5.41, 5.74) is 5.51. The van der Waals surface area contributed by atoms with Crippen molar-refractivity contribution >= 4 is 27.3 Å². The van der Waals surface area contributed by atoms with Crippen LogP contribution in [-0.2, 0) is 23.2 Å². The molecule has 0 spiro atoms. The van der Waals surface area contributed by atoms with Crippen LogP contribution in [0.3, 0.4) is 0 Å². The first-order valence-electron chi connectivity index (χ1n) is 11.9. The van der Waals surface area contributed by atoms with Crippen LogP contribution in [0.25, 0.3) is 0 Å². The van der Waals surface area contributed by atoms with Gasteiger partial charge in [0.05, 0.1) is 18.5 Å². The van der Waals surface area contributed by atoms with Gasteiger partial charge in [-0.15, -0.1) is 0 Å². The molecule has 0 heterocycles. The number of rotatable bonds is 9. The fraction of sp³-hybridized carbons (Fsp3) is 0.167. The molecule has 7 heteroatoms. The molecule has 0 aliphatic carbocycles. The van der Waals surface area contributed by atoms with Crippen molar-refractivity contribution in [2.24, 2.45) is 0 Å². The maximum atomic E-state index is 12.8. The normalized spacial score (nSPS) is 11.1. The first-order valence-corrected chi connectivity index (χ1v) is 13.8. The summed E-state index contributed by atoms with van der Waals surface area (Å²) in [6, 6.07) is 29.8. The molecule has 6 nitrogen and oxygen atoms in total. The van der Waals surface area contributed by atoms with Gasteiger partial charge >= 0.3 is 0 Å². The number of carbonyl (C=O) groups is 1.